The Bertz CT molecular complexity index is 855. The summed E-state index contributed by atoms with van der Waals surface area (Å²) in [5.74, 6) is -0.410. The fraction of sp³-hybridized carbons (Fsp3) is 0.364. The summed E-state index contributed by atoms with van der Waals surface area (Å²) in [5, 5.41) is 13.6. The minimum absolute atomic E-state index is 0.0617. The van der Waals surface area contributed by atoms with E-state index in [2.05, 4.69) is 5.32 Å². The molecule has 7 heteroatoms. The normalized spacial score (nSPS) is 12.2. The topological polar surface area (TPSA) is 94.1 Å². The van der Waals surface area contributed by atoms with Crippen molar-refractivity contribution in [3.05, 3.63) is 53.6 Å². The van der Waals surface area contributed by atoms with Crippen LogP contribution in [0.2, 0.25) is 0 Å². The average molecular weight is 401 g/mol. The zero-order valence-corrected chi connectivity index (χ0v) is 17.3. The van der Waals surface area contributed by atoms with E-state index < -0.39 is 18.0 Å². The number of hydrogen-bond donors (Lipinski definition) is 2. The highest BCUT2D eigenvalue weighted by atomic mass is 16.6. The first kappa shape index (κ1) is 22.4. The average Bonchev–Trinajstić information content (AvgIpc) is 2.66. The second kappa shape index (κ2) is 9.54. The van der Waals surface area contributed by atoms with Crippen molar-refractivity contribution in [3.8, 4) is 17.2 Å². The van der Waals surface area contributed by atoms with Crippen molar-refractivity contribution in [1.29, 1.82) is 0 Å². The van der Waals surface area contributed by atoms with Gasteiger partial charge in [-0.05, 0) is 62.7 Å². The third-order valence-corrected chi connectivity index (χ3v) is 3.96. The Labute approximate surface area is 170 Å². The SMILES string of the molecule is COc1ccc(C(=O)Oc2ccc(C(O)CNC(C)(C)C)cc2OC(C)=O)cc1. The molecule has 2 aromatic carbocycles. The number of esters is 2. The molecular formula is C22H27NO6. The maximum Gasteiger partial charge on any atom is 0.343 e. The first-order valence-corrected chi connectivity index (χ1v) is 9.21. The number of carbonyl (C=O) groups excluding carboxylic acids is 2. The van der Waals surface area contributed by atoms with Gasteiger partial charge in [-0.3, -0.25) is 4.79 Å². The van der Waals surface area contributed by atoms with Crippen LogP contribution in [0.25, 0.3) is 0 Å². The lowest BCUT2D eigenvalue weighted by atomic mass is 10.1. The summed E-state index contributed by atoms with van der Waals surface area (Å²) in [7, 11) is 1.53. The van der Waals surface area contributed by atoms with Gasteiger partial charge in [-0.1, -0.05) is 6.07 Å². The summed E-state index contributed by atoms with van der Waals surface area (Å²) in [6.07, 6.45) is -0.824. The fourth-order valence-corrected chi connectivity index (χ4v) is 2.46. The van der Waals surface area contributed by atoms with Gasteiger partial charge in [0, 0.05) is 19.0 Å². The molecule has 0 saturated carbocycles. The maximum atomic E-state index is 12.4. The van der Waals surface area contributed by atoms with Crippen LogP contribution in [0.1, 0.15) is 49.7 Å². The molecule has 1 atom stereocenters. The molecule has 0 radical (unpaired) electrons. The lowest BCUT2D eigenvalue weighted by molar-refractivity contribution is -0.132. The number of β-amino-alcohol motifs (C(OH)–C–C–N with tert-alkyl or cyclic N) is 1. The molecule has 0 aliphatic carbocycles. The fourth-order valence-electron chi connectivity index (χ4n) is 2.46. The summed E-state index contributed by atoms with van der Waals surface area (Å²) in [6.45, 7) is 7.54. The molecule has 0 amide bonds. The van der Waals surface area contributed by atoms with Gasteiger partial charge in [0.1, 0.15) is 5.75 Å². The van der Waals surface area contributed by atoms with Gasteiger partial charge >= 0.3 is 11.9 Å². The van der Waals surface area contributed by atoms with Gasteiger partial charge in [0.2, 0.25) is 0 Å². The number of hydrogen-bond acceptors (Lipinski definition) is 7. The molecule has 2 rings (SSSR count). The van der Waals surface area contributed by atoms with E-state index >= 15 is 0 Å². The highest BCUT2D eigenvalue weighted by molar-refractivity contribution is 5.91. The molecule has 7 nitrogen and oxygen atoms in total. The molecule has 2 N–H and O–H groups in total. The molecule has 1 unspecified atom stereocenters. The Kier molecular flexibility index (Phi) is 7.36. The van der Waals surface area contributed by atoms with Crippen LogP contribution in [0.5, 0.6) is 17.2 Å². The molecule has 156 valence electrons. The van der Waals surface area contributed by atoms with E-state index in [9.17, 15) is 14.7 Å². The third-order valence-electron chi connectivity index (χ3n) is 3.96. The molecule has 0 fully saturated rings. The standard InChI is InChI=1S/C22H27NO6/c1-14(24)28-20-12-16(18(25)13-23-22(2,3)4)8-11-19(20)29-21(26)15-6-9-17(27-5)10-7-15/h6-12,18,23,25H,13H2,1-5H3. The molecule has 0 aliphatic rings. The Hall–Kier alpha value is -2.90. The van der Waals surface area contributed by atoms with Crippen molar-refractivity contribution in [2.24, 2.45) is 0 Å². The van der Waals surface area contributed by atoms with Crippen molar-refractivity contribution < 1.29 is 28.9 Å². The molecule has 0 aromatic heterocycles. The Balaban J connectivity index is 2.21. The molecule has 0 bridgehead atoms. The van der Waals surface area contributed by atoms with E-state index in [4.69, 9.17) is 14.2 Å². The van der Waals surface area contributed by atoms with E-state index in [1.54, 1.807) is 30.3 Å². The van der Waals surface area contributed by atoms with Gasteiger partial charge in [-0.25, -0.2) is 4.79 Å². The summed E-state index contributed by atoms with van der Waals surface area (Å²) < 4.78 is 15.7. The highest BCUT2D eigenvalue weighted by Crippen LogP contribution is 2.31. The molecule has 2 aromatic rings. The van der Waals surface area contributed by atoms with E-state index in [1.807, 2.05) is 20.8 Å². The summed E-state index contributed by atoms with van der Waals surface area (Å²) >= 11 is 0. The van der Waals surface area contributed by atoms with Crippen LogP contribution >= 0.6 is 0 Å². The largest absolute Gasteiger partial charge is 0.497 e. The number of carbonyl (C=O) groups is 2. The molecular weight excluding hydrogens is 374 g/mol. The van der Waals surface area contributed by atoms with Gasteiger partial charge in [0.25, 0.3) is 0 Å². The minimum atomic E-state index is -0.824. The van der Waals surface area contributed by atoms with E-state index in [0.717, 1.165) is 0 Å². The van der Waals surface area contributed by atoms with Crippen molar-refractivity contribution >= 4 is 11.9 Å². The number of aliphatic hydroxyl groups excluding tert-OH is 1. The number of ether oxygens (including phenoxy) is 3. The molecule has 29 heavy (non-hydrogen) atoms. The second-order valence-electron chi connectivity index (χ2n) is 7.56. The predicted octanol–water partition coefficient (Wildman–Crippen LogP) is 3.26. The van der Waals surface area contributed by atoms with Crippen LogP contribution in [-0.2, 0) is 4.79 Å². The summed E-state index contributed by atoms with van der Waals surface area (Å²) in [5.41, 5.74) is 0.688. The van der Waals surface area contributed by atoms with Crippen molar-refractivity contribution in [1.82, 2.24) is 5.32 Å². The van der Waals surface area contributed by atoms with Gasteiger partial charge in [0.15, 0.2) is 11.5 Å². The smallest absolute Gasteiger partial charge is 0.343 e. The quantitative estimate of drug-likeness (QED) is 0.543. The van der Waals surface area contributed by atoms with Crippen LogP contribution < -0.4 is 19.5 Å². The molecule has 0 spiro atoms. The Morgan fingerprint density at radius 1 is 1.03 bits per heavy atom. The minimum Gasteiger partial charge on any atom is -0.497 e. The van der Waals surface area contributed by atoms with Crippen molar-refractivity contribution in [2.75, 3.05) is 13.7 Å². The zero-order valence-electron chi connectivity index (χ0n) is 17.3. The number of methoxy groups -OCH3 is 1. The van der Waals surface area contributed by atoms with Crippen LogP contribution in [0.3, 0.4) is 0 Å². The summed E-state index contributed by atoms with van der Waals surface area (Å²) in [4.78, 5) is 23.9. The van der Waals surface area contributed by atoms with E-state index in [1.165, 1.54) is 26.2 Å². The number of benzene rings is 2. The van der Waals surface area contributed by atoms with Crippen LogP contribution in [0, 0.1) is 0 Å². The van der Waals surface area contributed by atoms with Gasteiger partial charge in [0.05, 0.1) is 18.8 Å². The second-order valence-corrected chi connectivity index (χ2v) is 7.56. The predicted molar refractivity (Wildman–Crippen MR) is 108 cm³/mol. The van der Waals surface area contributed by atoms with Gasteiger partial charge in [-0.2, -0.15) is 0 Å². The van der Waals surface area contributed by atoms with Gasteiger partial charge < -0.3 is 24.6 Å². The maximum absolute atomic E-state index is 12.4. The Morgan fingerprint density at radius 2 is 1.69 bits per heavy atom. The monoisotopic (exact) mass is 401 g/mol. The van der Waals surface area contributed by atoms with Crippen molar-refractivity contribution in [3.63, 3.8) is 0 Å². The Morgan fingerprint density at radius 3 is 2.24 bits per heavy atom. The number of aliphatic hydroxyl groups is 1. The van der Waals surface area contributed by atoms with E-state index in [0.29, 0.717) is 23.4 Å². The van der Waals surface area contributed by atoms with Gasteiger partial charge in [-0.15, -0.1) is 0 Å². The van der Waals surface area contributed by atoms with Crippen LogP contribution in [0.4, 0.5) is 0 Å². The third kappa shape index (κ3) is 6.89. The first-order valence-electron chi connectivity index (χ1n) is 9.21. The van der Waals surface area contributed by atoms with E-state index in [-0.39, 0.29) is 17.0 Å². The van der Waals surface area contributed by atoms with Crippen molar-refractivity contribution in [2.45, 2.75) is 39.3 Å². The molecule has 0 heterocycles. The molecule has 0 aliphatic heterocycles. The highest BCUT2D eigenvalue weighted by Gasteiger charge is 2.19. The van der Waals surface area contributed by atoms with Crippen LogP contribution in [-0.4, -0.2) is 36.2 Å². The number of nitrogens with one attached hydrogen (secondary N) is 1. The lowest BCUT2D eigenvalue weighted by Gasteiger charge is -2.23. The summed E-state index contributed by atoms with van der Waals surface area (Å²) in [6, 6.07) is 11.0. The lowest BCUT2D eigenvalue weighted by Crippen LogP contribution is -2.38. The van der Waals surface area contributed by atoms with Crippen LogP contribution in [0.15, 0.2) is 42.5 Å². The number of rotatable bonds is 7. The zero-order chi connectivity index (χ0) is 21.6. The first-order chi connectivity index (χ1) is 13.6. The molecule has 0 saturated heterocycles.